The van der Waals surface area contributed by atoms with Crippen molar-refractivity contribution in [2.24, 2.45) is 5.73 Å². The molecule has 7 heteroatoms. The standard InChI is InChI=1S/C15H33N5O2/c1-4-6-14(21)18-9-11-20(3)12-10-19-15(22)13(16)7-5-8-17-2/h13,17H,4-12,16H2,1-3H3,(H,18,21)(H,19,22)/t13-/m0/s1. The predicted octanol–water partition coefficient (Wildman–Crippen LogP) is -0.722. The van der Waals surface area contributed by atoms with Crippen molar-refractivity contribution in [2.75, 3.05) is 46.8 Å². The van der Waals surface area contributed by atoms with E-state index in [0.29, 0.717) is 25.9 Å². The van der Waals surface area contributed by atoms with Gasteiger partial charge in [0.1, 0.15) is 0 Å². The van der Waals surface area contributed by atoms with Crippen molar-refractivity contribution < 1.29 is 9.59 Å². The number of rotatable bonds is 13. The van der Waals surface area contributed by atoms with E-state index in [0.717, 1.165) is 32.5 Å². The van der Waals surface area contributed by atoms with Gasteiger partial charge >= 0.3 is 0 Å². The zero-order valence-electron chi connectivity index (χ0n) is 14.3. The van der Waals surface area contributed by atoms with Crippen LogP contribution in [0.2, 0.25) is 0 Å². The molecular formula is C15H33N5O2. The highest BCUT2D eigenvalue weighted by atomic mass is 16.2. The first-order valence-electron chi connectivity index (χ1n) is 8.14. The van der Waals surface area contributed by atoms with E-state index in [1.165, 1.54) is 0 Å². The predicted molar refractivity (Wildman–Crippen MR) is 89.6 cm³/mol. The minimum absolute atomic E-state index is 0.0942. The Morgan fingerprint density at radius 2 is 1.77 bits per heavy atom. The summed E-state index contributed by atoms with van der Waals surface area (Å²) < 4.78 is 0. The minimum atomic E-state index is -0.438. The Labute approximate surface area is 134 Å². The Bertz CT molecular complexity index is 312. The number of hydrogen-bond acceptors (Lipinski definition) is 5. The molecule has 0 aliphatic carbocycles. The zero-order chi connectivity index (χ0) is 16.8. The van der Waals surface area contributed by atoms with Crippen LogP contribution in [0.4, 0.5) is 0 Å². The fourth-order valence-electron chi connectivity index (χ4n) is 1.94. The van der Waals surface area contributed by atoms with Crippen LogP contribution in [0.1, 0.15) is 32.6 Å². The minimum Gasteiger partial charge on any atom is -0.355 e. The fourth-order valence-corrected chi connectivity index (χ4v) is 1.94. The summed E-state index contributed by atoms with van der Waals surface area (Å²) in [5.41, 5.74) is 5.82. The van der Waals surface area contributed by atoms with Gasteiger partial charge in [0.15, 0.2) is 0 Å². The molecule has 1 atom stereocenters. The second-order valence-electron chi connectivity index (χ2n) is 5.55. The summed E-state index contributed by atoms with van der Waals surface area (Å²) in [4.78, 5) is 25.1. The number of likely N-dealkylation sites (N-methyl/N-ethyl adjacent to an activating group) is 1. The second kappa shape index (κ2) is 13.5. The lowest BCUT2D eigenvalue weighted by molar-refractivity contribution is -0.122. The van der Waals surface area contributed by atoms with Crippen molar-refractivity contribution in [3.8, 4) is 0 Å². The van der Waals surface area contributed by atoms with Gasteiger partial charge in [-0.2, -0.15) is 0 Å². The van der Waals surface area contributed by atoms with E-state index in [1.54, 1.807) is 0 Å². The lowest BCUT2D eigenvalue weighted by Crippen LogP contribution is -2.44. The summed E-state index contributed by atoms with van der Waals surface area (Å²) in [6.07, 6.45) is 3.02. The highest BCUT2D eigenvalue weighted by Gasteiger charge is 2.12. The van der Waals surface area contributed by atoms with Gasteiger partial charge in [-0.25, -0.2) is 0 Å². The molecule has 0 bridgehead atoms. The average molecular weight is 315 g/mol. The smallest absolute Gasteiger partial charge is 0.236 e. The largest absolute Gasteiger partial charge is 0.355 e. The van der Waals surface area contributed by atoms with Crippen molar-refractivity contribution in [3.63, 3.8) is 0 Å². The van der Waals surface area contributed by atoms with Gasteiger partial charge in [0, 0.05) is 32.6 Å². The fraction of sp³-hybridized carbons (Fsp3) is 0.867. The van der Waals surface area contributed by atoms with Crippen LogP contribution in [0.5, 0.6) is 0 Å². The van der Waals surface area contributed by atoms with Crippen molar-refractivity contribution >= 4 is 11.8 Å². The van der Waals surface area contributed by atoms with Crippen molar-refractivity contribution in [2.45, 2.75) is 38.6 Å². The molecule has 0 aliphatic heterocycles. The Kier molecular flexibility index (Phi) is 12.8. The molecule has 0 aliphatic rings. The van der Waals surface area contributed by atoms with Crippen LogP contribution in [-0.2, 0) is 9.59 Å². The highest BCUT2D eigenvalue weighted by molar-refractivity contribution is 5.81. The van der Waals surface area contributed by atoms with Gasteiger partial charge in [0.2, 0.25) is 11.8 Å². The first kappa shape index (κ1) is 20.8. The Morgan fingerprint density at radius 1 is 1.14 bits per heavy atom. The van der Waals surface area contributed by atoms with E-state index in [1.807, 2.05) is 21.0 Å². The van der Waals surface area contributed by atoms with Crippen LogP contribution in [0.3, 0.4) is 0 Å². The van der Waals surface area contributed by atoms with Gasteiger partial charge in [-0.05, 0) is 39.9 Å². The number of nitrogens with zero attached hydrogens (tertiary/aromatic N) is 1. The third-order valence-electron chi connectivity index (χ3n) is 3.36. The number of nitrogens with two attached hydrogens (primary N) is 1. The molecule has 2 amide bonds. The van der Waals surface area contributed by atoms with E-state index in [4.69, 9.17) is 5.73 Å². The molecule has 7 nitrogen and oxygen atoms in total. The van der Waals surface area contributed by atoms with E-state index in [2.05, 4.69) is 20.9 Å². The summed E-state index contributed by atoms with van der Waals surface area (Å²) in [6, 6.07) is -0.438. The first-order valence-corrected chi connectivity index (χ1v) is 8.14. The molecule has 5 N–H and O–H groups in total. The van der Waals surface area contributed by atoms with E-state index in [9.17, 15) is 9.59 Å². The number of carbonyl (C=O) groups excluding carboxylic acids is 2. The molecule has 130 valence electrons. The summed E-state index contributed by atoms with van der Waals surface area (Å²) in [6.45, 7) is 5.55. The summed E-state index contributed by atoms with van der Waals surface area (Å²) in [5.74, 6) is -0.00232. The summed E-state index contributed by atoms with van der Waals surface area (Å²) in [7, 11) is 3.84. The SMILES string of the molecule is CCCC(=O)NCCN(C)CCNC(=O)[C@@H](N)CCCNC. The van der Waals surface area contributed by atoms with Crippen LogP contribution in [0.15, 0.2) is 0 Å². The van der Waals surface area contributed by atoms with Crippen LogP contribution < -0.4 is 21.7 Å². The molecular weight excluding hydrogens is 282 g/mol. The number of amides is 2. The van der Waals surface area contributed by atoms with Gasteiger partial charge in [-0.3, -0.25) is 9.59 Å². The van der Waals surface area contributed by atoms with Crippen molar-refractivity contribution in [3.05, 3.63) is 0 Å². The molecule has 0 spiro atoms. The van der Waals surface area contributed by atoms with Gasteiger partial charge in [-0.1, -0.05) is 6.92 Å². The molecule has 0 saturated carbocycles. The third kappa shape index (κ3) is 11.5. The molecule has 0 aromatic heterocycles. The van der Waals surface area contributed by atoms with Crippen LogP contribution in [0, 0.1) is 0 Å². The molecule has 0 rings (SSSR count). The van der Waals surface area contributed by atoms with Gasteiger partial charge < -0.3 is 26.6 Å². The summed E-state index contributed by atoms with van der Waals surface area (Å²) >= 11 is 0. The number of nitrogens with one attached hydrogen (secondary N) is 3. The van der Waals surface area contributed by atoms with Gasteiger partial charge in [-0.15, -0.1) is 0 Å². The number of hydrogen-bond donors (Lipinski definition) is 4. The molecule has 0 radical (unpaired) electrons. The topological polar surface area (TPSA) is 99.5 Å². The molecule has 0 unspecified atom stereocenters. The molecule has 22 heavy (non-hydrogen) atoms. The quantitative estimate of drug-likeness (QED) is 0.336. The van der Waals surface area contributed by atoms with Crippen LogP contribution >= 0.6 is 0 Å². The molecule has 0 saturated heterocycles. The number of carbonyl (C=O) groups is 2. The Morgan fingerprint density at radius 3 is 2.36 bits per heavy atom. The monoisotopic (exact) mass is 315 g/mol. The molecule has 0 fully saturated rings. The van der Waals surface area contributed by atoms with Crippen LogP contribution in [0.25, 0.3) is 0 Å². The lowest BCUT2D eigenvalue weighted by Gasteiger charge is -2.18. The van der Waals surface area contributed by atoms with E-state index < -0.39 is 6.04 Å². The van der Waals surface area contributed by atoms with Crippen molar-refractivity contribution in [1.82, 2.24) is 20.9 Å². The molecule has 0 aromatic rings. The maximum Gasteiger partial charge on any atom is 0.236 e. The Hall–Kier alpha value is -1.18. The maximum atomic E-state index is 11.8. The second-order valence-corrected chi connectivity index (χ2v) is 5.55. The van der Waals surface area contributed by atoms with Crippen LogP contribution in [-0.4, -0.2) is 69.6 Å². The van der Waals surface area contributed by atoms with E-state index >= 15 is 0 Å². The van der Waals surface area contributed by atoms with Gasteiger partial charge in [0.25, 0.3) is 0 Å². The molecule has 0 heterocycles. The zero-order valence-corrected chi connectivity index (χ0v) is 14.3. The maximum absolute atomic E-state index is 11.8. The third-order valence-corrected chi connectivity index (χ3v) is 3.36. The molecule has 0 aromatic carbocycles. The lowest BCUT2D eigenvalue weighted by atomic mass is 10.1. The Balaban J connectivity index is 3.63. The van der Waals surface area contributed by atoms with E-state index in [-0.39, 0.29) is 11.8 Å². The van der Waals surface area contributed by atoms with Crippen molar-refractivity contribution in [1.29, 1.82) is 0 Å². The highest BCUT2D eigenvalue weighted by Crippen LogP contribution is 1.93. The summed E-state index contributed by atoms with van der Waals surface area (Å²) in [5, 5.41) is 8.74. The average Bonchev–Trinajstić information content (AvgIpc) is 2.47. The first-order chi connectivity index (χ1) is 10.5. The van der Waals surface area contributed by atoms with Gasteiger partial charge in [0.05, 0.1) is 6.04 Å². The normalized spacial score (nSPS) is 12.2.